The molecular weight excluding hydrogens is 476 g/mol. The van der Waals surface area contributed by atoms with Crippen molar-refractivity contribution in [1.82, 2.24) is 9.47 Å². The maximum Gasteiger partial charge on any atom is 0.433 e. The van der Waals surface area contributed by atoms with Crippen molar-refractivity contribution in [3.63, 3.8) is 0 Å². The lowest BCUT2D eigenvalue weighted by Crippen LogP contribution is -2.33. The molecule has 10 heteroatoms. The van der Waals surface area contributed by atoms with Crippen LogP contribution in [0.2, 0.25) is 0 Å². The van der Waals surface area contributed by atoms with Gasteiger partial charge in [-0.15, -0.1) is 0 Å². The first kappa shape index (κ1) is 25.5. The van der Waals surface area contributed by atoms with Crippen molar-refractivity contribution in [2.24, 2.45) is 0 Å². The second-order valence-electron chi connectivity index (χ2n) is 8.70. The molecule has 4 rings (SSSR count). The lowest BCUT2D eigenvalue weighted by molar-refractivity contribution is -0.402. The molecule has 0 saturated heterocycles. The molecule has 1 N–H and O–H groups in total. The van der Waals surface area contributed by atoms with Crippen molar-refractivity contribution in [2.75, 3.05) is 18.4 Å². The Morgan fingerprint density at radius 1 is 1.05 bits per heavy atom. The number of hydrogen-bond donors (Lipinski definition) is 1. The number of ether oxygens (including phenoxy) is 1. The van der Waals surface area contributed by atoms with Gasteiger partial charge >= 0.3 is 12.0 Å². The van der Waals surface area contributed by atoms with Gasteiger partial charge in [0.15, 0.2) is 11.5 Å². The number of hydrogen-bond acceptors (Lipinski definition) is 6. The molecule has 0 aliphatic heterocycles. The lowest BCUT2D eigenvalue weighted by atomic mass is 10.1. The van der Waals surface area contributed by atoms with Gasteiger partial charge in [0, 0.05) is 31.2 Å². The van der Waals surface area contributed by atoms with Crippen LogP contribution >= 0.6 is 0 Å². The van der Waals surface area contributed by atoms with Crippen LogP contribution in [0.1, 0.15) is 41.1 Å². The van der Waals surface area contributed by atoms with Gasteiger partial charge in [-0.05, 0) is 57.5 Å². The monoisotopic (exact) mass is 504 g/mol. The van der Waals surface area contributed by atoms with Gasteiger partial charge in [-0.1, -0.05) is 29.3 Å². The Morgan fingerprint density at radius 3 is 2.38 bits per heavy atom. The third kappa shape index (κ3) is 5.48. The summed E-state index contributed by atoms with van der Waals surface area (Å²) in [6.07, 6.45) is 1.34. The number of nitrogens with zero attached hydrogens (tertiary/aromatic N) is 3. The van der Waals surface area contributed by atoms with E-state index in [-0.39, 0.29) is 17.2 Å². The van der Waals surface area contributed by atoms with E-state index in [0.29, 0.717) is 25.0 Å². The van der Waals surface area contributed by atoms with Crippen molar-refractivity contribution in [3.05, 3.63) is 87.3 Å². The molecule has 10 nitrogen and oxygen atoms in total. The van der Waals surface area contributed by atoms with Crippen molar-refractivity contribution in [3.8, 4) is 5.75 Å². The summed E-state index contributed by atoms with van der Waals surface area (Å²) in [5.74, 6) is -1.33. The van der Waals surface area contributed by atoms with Gasteiger partial charge in [-0.2, -0.15) is 0 Å². The van der Waals surface area contributed by atoms with Gasteiger partial charge in [0.25, 0.3) is 5.91 Å². The number of nitro groups is 1. The number of carbonyl (C=O) groups is 2. The Bertz CT molecular complexity index is 1460. The summed E-state index contributed by atoms with van der Waals surface area (Å²) in [4.78, 5) is 37.4. The van der Waals surface area contributed by atoms with E-state index < -0.39 is 22.8 Å². The standard InChI is InChI=1S/C27H28N4O6/c1-5-29(6-2)27(33)37-22-8-7-21-20(11-12-30(21)16-19-14-17(3)13-18(4)15-19)25(22)28-26(32)23-9-10-24(36-23)31(34)35/h7-15H,5-6,16H2,1-4H3,(H,28,32). The molecule has 4 aromatic rings. The van der Waals surface area contributed by atoms with Crippen molar-refractivity contribution in [1.29, 1.82) is 0 Å². The summed E-state index contributed by atoms with van der Waals surface area (Å²) in [5, 5.41) is 14.4. The molecule has 0 radical (unpaired) electrons. The van der Waals surface area contributed by atoms with Crippen LogP contribution in [-0.2, 0) is 6.54 Å². The zero-order valence-corrected chi connectivity index (χ0v) is 21.1. The van der Waals surface area contributed by atoms with Crippen LogP contribution in [0.5, 0.6) is 5.75 Å². The summed E-state index contributed by atoms with van der Waals surface area (Å²) in [5.41, 5.74) is 4.53. The minimum absolute atomic E-state index is 0.156. The number of aryl methyl sites for hydroxylation is 2. The fraction of sp³-hybridized carbons (Fsp3) is 0.259. The number of amides is 2. The number of aromatic nitrogens is 1. The molecule has 37 heavy (non-hydrogen) atoms. The number of rotatable bonds is 8. The number of furan rings is 1. The van der Waals surface area contributed by atoms with Gasteiger partial charge in [-0.3, -0.25) is 14.9 Å². The quantitative estimate of drug-likeness (QED) is 0.236. The topological polar surface area (TPSA) is 120 Å². The van der Waals surface area contributed by atoms with Crippen LogP contribution < -0.4 is 10.1 Å². The Morgan fingerprint density at radius 2 is 1.76 bits per heavy atom. The number of carbonyl (C=O) groups excluding carboxylic acids is 2. The van der Waals surface area contributed by atoms with E-state index in [4.69, 9.17) is 9.15 Å². The third-order valence-electron chi connectivity index (χ3n) is 6.00. The van der Waals surface area contributed by atoms with Crippen molar-refractivity contribution >= 4 is 34.5 Å². The molecule has 0 aliphatic rings. The molecular formula is C27H28N4O6. The van der Waals surface area contributed by atoms with E-state index >= 15 is 0 Å². The Labute approximate surface area is 213 Å². The van der Waals surface area contributed by atoms with Gasteiger partial charge < -0.3 is 23.9 Å². The first-order valence-corrected chi connectivity index (χ1v) is 11.9. The first-order valence-electron chi connectivity index (χ1n) is 11.9. The fourth-order valence-corrected chi connectivity index (χ4v) is 4.32. The summed E-state index contributed by atoms with van der Waals surface area (Å²) in [6.45, 7) is 9.30. The summed E-state index contributed by atoms with van der Waals surface area (Å²) >= 11 is 0. The smallest absolute Gasteiger partial charge is 0.408 e. The molecule has 0 fully saturated rings. The molecule has 2 amide bonds. The van der Waals surface area contributed by atoms with Crippen LogP contribution in [0, 0.1) is 24.0 Å². The Balaban J connectivity index is 1.74. The highest BCUT2D eigenvalue weighted by Crippen LogP contribution is 2.35. The second-order valence-corrected chi connectivity index (χ2v) is 8.70. The average molecular weight is 505 g/mol. The predicted molar refractivity (Wildman–Crippen MR) is 139 cm³/mol. The maximum absolute atomic E-state index is 13.0. The number of anilines is 1. The molecule has 2 heterocycles. The number of nitrogens with one attached hydrogen (secondary N) is 1. The lowest BCUT2D eigenvalue weighted by Gasteiger charge is -2.19. The summed E-state index contributed by atoms with van der Waals surface area (Å²) in [6, 6.07) is 14.0. The van der Waals surface area contributed by atoms with Crippen LogP contribution in [0.4, 0.5) is 16.4 Å². The van der Waals surface area contributed by atoms with Crippen molar-refractivity contribution < 1.29 is 23.7 Å². The van der Waals surface area contributed by atoms with Gasteiger partial charge in [0.05, 0.1) is 17.3 Å². The fourth-order valence-electron chi connectivity index (χ4n) is 4.32. The van der Waals surface area contributed by atoms with E-state index in [9.17, 15) is 19.7 Å². The van der Waals surface area contributed by atoms with E-state index in [2.05, 4.69) is 23.5 Å². The zero-order chi connectivity index (χ0) is 26.7. The van der Waals surface area contributed by atoms with Crippen LogP contribution in [0.15, 0.2) is 59.1 Å². The molecule has 192 valence electrons. The van der Waals surface area contributed by atoms with Gasteiger partial charge in [-0.25, -0.2) is 4.79 Å². The normalized spacial score (nSPS) is 10.9. The summed E-state index contributed by atoms with van der Waals surface area (Å²) in [7, 11) is 0. The average Bonchev–Trinajstić information content (AvgIpc) is 3.49. The highest BCUT2D eigenvalue weighted by atomic mass is 16.6. The molecule has 0 atom stereocenters. The molecule has 0 unspecified atom stereocenters. The van der Waals surface area contributed by atoms with Gasteiger partial charge in [0.1, 0.15) is 4.92 Å². The third-order valence-corrected chi connectivity index (χ3v) is 6.00. The highest BCUT2D eigenvalue weighted by Gasteiger charge is 2.22. The number of fused-ring (bicyclic) bond motifs is 1. The Hall–Kier alpha value is -4.60. The minimum Gasteiger partial charge on any atom is -0.408 e. The second kappa shape index (κ2) is 10.6. The summed E-state index contributed by atoms with van der Waals surface area (Å²) < 4.78 is 12.8. The maximum atomic E-state index is 13.0. The number of benzene rings is 2. The Kier molecular flexibility index (Phi) is 7.28. The highest BCUT2D eigenvalue weighted by molar-refractivity contribution is 6.09. The van der Waals surface area contributed by atoms with E-state index in [1.807, 2.05) is 50.6 Å². The first-order chi connectivity index (χ1) is 17.7. The van der Waals surface area contributed by atoms with E-state index in [1.54, 1.807) is 6.07 Å². The largest absolute Gasteiger partial charge is 0.433 e. The molecule has 0 spiro atoms. The van der Waals surface area contributed by atoms with Crippen LogP contribution in [0.3, 0.4) is 0 Å². The minimum atomic E-state index is -0.720. The predicted octanol–water partition coefficient (Wildman–Crippen LogP) is 5.90. The molecule has 0 saturated carbocycles. The van der Waals surface area contributed by atoms with E-state index in [1.165, 1.54) is 11.0 Å². The molecule has 0 bridgehead atoms. The SMILES string of the molecule is CCN(CC)C(=O)Oc1ccc2c(ccn2Cc2cc(C)cc(C)c2)c1NC(=O)c1ccc([N+](=O)[O-])o1. The molecule has 2 aromatic carbocycles. The van der Waals surface area contributed by atoms with Crippen LogP contribution in [-0.4, -0.2) is 39.5 Å². The molecule has 2 aromatic heterocycles. The van der Waals surface area contributed by atoms with Gasteiger partial charge in [0.2, 0.25) is 0 Å². The van der Waals surface area contributed by atoms with E-state index in [0.717, 1.165) is 28.3 Å². The molecule has 0 aliphatic carbocycles. The van der Waals surface area contributed by atoms with Crippen LogP contribution in [0.25, 0.3) is 10.9 Å². The van der Waals surface area contributed by atoms with Crippen molar-refractivity contribution in [2.45, 2.75) is 34.2 Å². The zero-order valence-electron chi connectivity index (χ0n) is 21.1.